The molecule has 2 aromatic rings. The lowest BCUT2D eigenvalue weighted by Gasteiger charge is -2.32. The van der Waals surface area contributed by atoms with Gasteiger partial charge in [0.25, 0.3) is 5.91 Å². The number of hydrogen-bond acceptors (Lipinski definition) is 5. The summed E-state index contributed by atoms with van der Waals surface area (Å²) < 4.78 is 11.9. The summed E-state index contributed by atoms with van der Waals surface area (Å²) >= 11 is 0. The number of carbonyl (C=O) groups is 2. The fourth-order valence-corrected chi connectivity index (χ4v) is 3.63. The molecule has 0 spiro atoms. The number of hydrogen-bond donors (Lipinski definition) is 1. The van der Waals surface area contributed by atoms with E-state index in [4.69, 9.17) is 9.47 Å². The minimum Gasteiger partial charge on any atom is -0.439 e. The minimum absolute atomic E-state index is 0.251. The van der Waals surface area contributed by atoms with Crippen molar-refractivity contribution in [3.05, 3.63) is 47.7 Å². The quantitative estimate of drug-likeness (QED) is 0.793. The molecule has 29 heavy (non-hydrogen) atoms. The SMILES string of the molecule is CC[C@@]1(C)NC(=O)N(c2ccc(Oc3cccc4c3CC(C)(C)OC4)nc2)C1=O. The number of nitrogens with zero attached hydrogens (tertiary/aromatic N) is 2. The van der Waals surface area contributed by atoms with Gasteiger partial charge < -0.3 is 14.8 Å². The molecule has 4 rings (SSSR count). The average molecular weight is 395 g/mol. The van der Waals surface area contributed by atoms with Crippen molar-refractivity contribution in [2.45, 2.75) is 58.3 Å². The third-order valence-corrected chi connectivity index (χ3v) is 5.61. The molecule has 1 saturated heterocycles. The van der Waals surface area contributed by atoms with Gasteiger partial charge >= 0.3 is 6.03 Å². The summed E-state index contributed by atoms with van der Waals surface area (Å²) in [4.78, 5) is 30.4. The third-order valence-electron chi connectivity index (χ3n) is 5.61. The molecule has 0 radical (unpaired) electrons. The molecule has 1 atom stereocenters. The summed E-state index contributed by atoms with van der Waals surface area (Å²) in [7, 11) is 0. The number of carbonyl (C=O) groups excluding carboxylic acids is 2. The van der Waals surface area contributed by atoms with Gasteiger partial charge in [0.15, 0.2) is 0 Å². The van der Waals surface area contributed by atoms with Crippen LogP contribution in [0.2, 0.25) is 0 Å². The first-order valence-electron chi connectivity index (χ1n) is 9.78. The van der Waals surface area contributed by atoms with Crippen molar-refractivity contribution < 1.29 is 19.1 Å². The molecular weight excluding hydrogens is 370 g/mol. The fourth-order valence-electron chi connectivity index (χ4n) is 3.63. The number of fused-ring (bicyclic) bond motifs is 1. The van der Waals surface area contributed by atoms with Gasteiger partial charge in [0.1, 0.15) is 11.3 Å². The van der Waals surface area contributed by atoms with E-state index in [9.17, 15) is 9.59 Å². The number of nitrogens with one attached hydrogen (secondary N) is 1. The van der Waals surface area contributed by atoms with E-state index < -0.39 is 11.6 Å². The highest BCUT2D eigenvalue weighted by molar-refractivity contribution is 6.23. The highest BCUT2D eigenvalue weighted by Gasteiger charge is 2.47. The van der Waals surface area contributed by atoms with Crippen molar-refractivity contribution in [1.82, 2.24) is 10.3 Å². The summed E-state index contributed by atoms with van der Waals surface area (Å²) in [6.07, 6.45) is 2.74. The second-order valence-electron chi connectivity index (χ2n) is 8.33. The van der Waals surface area contributed by atoms with E-state index >= 15 is 0 Å². The normalized spacial score (nSPS) is 23.0. The molecule has 3 amide bonds. The smallest absolute Gasteiger partial charge is 0.329 e. The van der Waals surface area contributed by atoms with Gasteiger partial charge in [-0.1, -0.05) is 19.1 Å². The van der Waals surface area contributed by atoms with Crippen LogP contribution in [0.1, 0.15) is 45.2 Å². The standard InChI is InChI=1S/C22H25N3O4/c1-5-22(4)19(26)25(20(27)24-22)15-9-10-18(23-12-15)29-17-8-6-7-14-13-28-21(2,3)11-16(14)17/h6-10,12H,5,11,13H2,1-4H3,(H,24,27)/t22-/m1/s1. The molecular formula is C22H25N3O4. The van der Waals surface area contributed by atoms with E-state index in [0.717, 1.165) is 28.2 Å². The lowest BCUT2D eigenvalue weighted by atomic mass is 9.91. The number of pyridine rings is 1. The Morgan fingerprint density at radius 3 is 2.66 bits per heavy atom. The topological polar surface area (TPSA) is 80.8 Å². The zero-order valence-electron chi connectivity index (χ0n) is 17.1. The average Bonchev–Trinajstić information content (AvgIpc) is 2.92. The van der Waals surface area contributed by atoms with Gasteiger partial charge in [-0.05, 0) is 44.9 Å². The molecule has 0 saturated carbocycles. The van der Waals surface area contributed by atoms with E-state index in [1.54, 1.807) is 19.1 Å². The Bertz CT molecular complexity index is 971. The number of amides is 3. The number of rotatable bonds is 4. The van der Waals surface area contributed by atoms with Crippen LogP contribution >= 0.6 is 0 Å². The largest absolute Gasteiger partial charge is 0.439 e. The van der Waals surface area contributed by atoms with Gasteiger partial charge in [0, 0.05) is 18.1 Å². The molecule has 152 valence electrons. The van der Waals surface area contributed by atoms with Crippen LogP contribution < -0.4 is 15.0 Å². The van der Waals surface area contributed by atoms with Gasteiger partial charge in [0.2, 0.25) is 5.88 Å². The minimum atomic E-state index is -0.885. The van der Waals surface area contributed by atoms with Crippen LogP contribution in [0, 0.1) is 0 Å². The van der Waals surface area contributed by atoms with E-state index in [-0.39, 0.29) is 11.5 Å². The Kier molecular flexibility index (Phi) is 4.58. The second kappa shape index (κ2) is 6.84. The van der Waals surface area contributed by atoms with E-state index in [0.29, 0.717) is 24.6 Å². The summed E-state index contributed by atoms with van der Waals surface area (Å²) in [5.41, 5.74) is 1.50. The van der Waals surface area contributed by atoms with Gasteiger partial charge in [-0.3, -0.25) is 4.79 Å². The van der Waals surface area contributed by atoms with Gasteiger partial charge in [-0.15, -0.1) is 0 Å². The molecule has 3 heterocycles. The van der Waals surface area contributed by atoms with Crippen molar-refractivity contribution >= 4 is 17.6 Å². The number of benzene rings is 1. The summed E-state index contributed by atoms with van der Waals surface area (Å²) in [6, 6.07) is 8.79. The van der Waals surface area contributed by atoms with Crippen LogP contribution in [0.25, 0.3) is 0 Å². The predicted molar refractivity (Wildman–Crippen MR) is 108 cm³/mol. The van der Waals surface area contributed by atoms with Crippen LogP contribution in [0.3, 0.4) is 0 Å². The Balaban J connectivity index is 1.56. The van der Waals surface area contributed by atoms with Crippen LogP contribution in [-0.4, -0.2) is 28.1 Å². The molecule has 1 aromatic carbocycles. The lowest BCUT2D eigenvalue weighted by Crippen LogP contribution is -2.43. The first-order chi connectivity index (χ1) is 13.7. The Morgan fingerprint density at radius 2 is 2.00 bits per heavy atom. The molecule has 7 nitrogen and oxygen atoms in total. The maximum absolute atomic E-state index is 12.6. The van der Waals surface area contributed by atoms with Gasteiger partial charge in [-0.25, -0.2) is 14.7 Å². The molecule has 0 unspecified atom stereocenters. The van der Waals surface area contributed by atoms with Crippen LogP contribution in [0.4, 0.5) is 10.5 Å². The van der Waals surface area contributed by atoms with Gasteiger partial charge in [0.05, 0.1) is 24.1 Å². The molecule has 0 bridgehead atoms. The number of aromatic nitrogens is 1. The number of urea groups is 1. The Hall–Kier alpha value is -2.93. The molecule has 1 N–H and O–H groups in total. The predicted octanol–water partition coefficient (Wildman–Crippen LogP) is 3.95. The zero-order valence-corrected chi connectivity index (χ0v) is 17.1. The third kappa shape index (κ3) is 3.46. The first-order valence-corrected chi connectivity index (χ1v) is 9.78. The number of anilines is 1. The molecule has 1 fully saturated rings. The summed E-state index contributed by atoms with van der Waals surface area (Å²) in [6.45, 7) is 8.25. The Morgan fingerprint density at radius 1 is 1.21 bits per heavy atom. The second-order valence-corrected chi connectivity index (χ2v) is 8.33. The van der Waals surface area contributed by atoms with Crippen molar-refractivity contribution in [1.29, 1.82) is 0 Å². The lowest BCUT2D eigenvalue weighted by molar-refractivity contribution is -0.121. The van der Waals surface area contributed by atoms with Crippen LogP contribution in [0.15, 0.2) is 36.5 Å². The van der Waals surface area contributed by atoms with Crippen LogP contribution in [0.5, 0.6) is 11.6 Å². The molecule has 0 aliphatic carbocycles. The van der Waals surface area contributed by atoms with Crippen molar-refractivity contribution in [3.8, 4) is 11.6 Å². The maximum atomic E-state index is 12.6. The molecule has 1 aromatic heterocycles. The zero-order chi connectivity index (χ0) is 20.8. The summed E-state index contributed by atoms with van der Waals surface area (Å²) in [5.74, 6) is 0.865. The van der Waals surface area contributed by atoms with E-state index in [1.165, 1.54) is 6.20 Å². The molecule has 2 aliphatic rings. The molecule has 2 aliphatic heterocycles. The monoisotopic (exact) mass is 395 g/mol. The van der Waals surface area contributed by atoms with Crippen LogP contribution in [-0.2, 0) is 22.6 Å². The fraction of sp³-hybridized carbons (Fsp3) is 0.409. The number of ether oxygens (including phenoxy) is 2. The highest BCUT2D eigenvalue weighted by atomic mass is 16.5. The van der Waals surface area contributed by atoms with E-state index in [1.807, 2.05) is 25.1 Å². The van der Waals surface area contributed by atoms with Crippen molar-refractivity contribution in [3.63, 3.8) is 0 Å². The van der Waals surface area contributed by atoms with E-state index in [2.05, 4.69) is 24.1 Å². The first kappa shape index (κ1) is 19.4. The van der Waals surface area contributed by atoms with Crippen molar-refractivity contribution in [2.75, 3.05) is 4.90 Å². The molecule has 7 heteroatoms. The van der Waals surface area contributed by atoms with Crippen molar-refractivity contribution in [2.24, 2.45) is 0 Å². The maximum Gasteiger partial charge on any atom is 0.329 e. The Labute approximate surface area is 170 Å². The highest BCUT2D eigenvalue weighted by Crippen LogP contribution is 2.36. The van der Waals surface area contributed by atoms with Gasteiger partial charge in [-0.2, -0.15) is 0 Å². The number of imide groups is 1. The summed E-state index contributed by atoms with van der Waals surface area (Å²) in [5, 5.41) is 2.74.